The molecule has 24 heteroatoms. The molecule has 0 fully saturated rings. The number of phenols is 4. The van der Waals surface area contributed by atoms with Crippen molar-refractivity contribution in [2.45, 2.75) is 19.6 Å². The third kappa shape index (κ3) is 7.84. The van der Waals surface area contributed by atoms with Gasteiger partial charge in [-0.15, -0.1) is 20.5 Å². The molecule has 0 atom stereocenters. The number of benzene rings is 6. The molecule has 0 heterocycles. The lowest BCUT2D eigenvalue weighted by Crippen LogP contribution is -2.00. The van der Waals surface area contributed by atoms with E-state index in [2.05, 4.69) is 20.5 Å². The lowest BCUT2D eigenvalue weighted by atomic mass is 10.0. The molecule has 0 unspecified atom stereocenters. The van der Waals surface area contributed by atoms with Crippen LogP contribution < -0.4 is 0 Å². The lowest BCUT2D eigenvalue weighted by molar-refractivity contribution is 0.470. The zero-order chi connectivity index (χ0) is 41.1. The molecule has 0 aromatic heterocycles. The van der Waals surface area contributed by atoms with Crippen LogP contribution in [0.15, 0.2) is 125 Å². The number of phenolic OH excluding ortho intramolecular Hbond substituents is 4. The lowest BCUT2D eigenvalue weighted by Gasteiger charge is -2.10. The summed E-state index contributed by atoms with van der Waals surface area (Å²) in [7, 11) is -19.6. The van der Waals surface area contributed by atoms with Gasteiger partial charge >= 0.3 is 0 Å². The summed E-state index contributed by atoms with van der Waals surface area (Å²) < 4.78 is 133. The summed E-state index contributed by atoms with van der Waals surface area (Å²) in [6, 6.07) is 14.7. The van der Waals surface area contributed by atoms with Crippen molar-refractivity contribution in [3.8, 4) is 34.1 Å². The van der Waals surface area contributed by atoms with Crippen LogP contribution in [0.1, 0.15) is 0 Å². The maximum Gasteiger partial charge on any atom is 0.296 e. The second-order valence-electron chi connectivity index (χ2n) is 11.6. The van der Waals surface area contributed by atoms with Crippen LogP contribution in [-0.2, 0) is 40.5 Å². The molecular formula is C32H22N4O16S4. The molecule has 0 aliphatic carbocycles. The Morgan fingerprint density at radius 2 is 0.750 bits per heavy atom. The van der Waals surface area contributed by atoms with E-state index in [-0.39, 0.29) is 44.0 Å². The van der Waals surface area contributed by atoms with Crippen LogP contribution in [0.4, 0.5) is 22.7 Å². The highest BCUT2D eigenvalue weighted by atomic mass is 32.2. The van der Waals surface area contributed by atoms with Crippen molar-refractivity contribution in [3.63, 3.8) is 0 Å². The van der Waals surface area contributed by atoms with Gasteiger partial charge in [-0.1, -0.05) is 12.1 Å². The van der Waals surface area contributed by atoms with Crippen LogP contribution in [-0.4, -0.2) is 72.3 Å². The van der Waals surface area contributed by atoms with E-state index >= 15 is 0 Å². The Bertz CT molecular complexity index is 2970. The van der Waals surface area contributed by atoms with Crippen LogP contribution in [0.5, 0.6) is 23.0 Å². The number of fused-ring (bicyclic) bond motifs is 2. The average molecular weight is 847 g/mol. The van der Waals surface area contributed by atoms with Gasteiger partial charge in [-0.3, -0.25) is 18.2 Å². The van der Waals surface area contributed by atoms with Gasteiger partial charge in [0.15, 0.2) is 11.5 Å². The number of hydrogen-bond donors (Lipinski definition) is 8. The maximum atomic E-state index is 12.2. The summed E-state index contributed by atoms with van der Waals surface area (Å²) in [6.07, 6.45) is 0. The standard InChI is InChI=1S/C32H22N4O16S4/c37-25-11-15(1-7-23(25)33-35-29-27(55(47,48)49)13-17-9-19(53(41,42)43)3-5-21(17)31(29)39)16-2-8-24(26(38)12-16)34-36-30-28(56(50,51)52)14-18-10-20(54(44,45)46)4-6-22(18)32(30)40/h1-14,37-40H,(H,41,42,43)(H,44,45,46)(H,47,48,49)(H,50,51,52). The smallest absolute Gasteiger partial charge is 0.296 e. The van der Waals surface area contributed by atoms with Crippen LogP contribution in [0.25, 0.3) is 32.7 Å². The van der Waals surface area contributed by atoms with E-state index < -0.39 is 94.4 Å². The molecule has 0 amide bonds. The van der Waals surface area contributed by atoms with Crippen molar-refractivity contribution >= 4 is 84.8 Å². The fourth-order valence-electron chi connectivity index (χ4n) is 5.35. The van der Waals surface area contributed by atoms with Gasteiger partial charge in [0.1, 0.15) is 44.0 Å². The molecule has 6 aromatic rings. The fourth-order valence-corrected chi connectivity index (χ4v) is 7.70. The summed E-state index contributed by atoms with van der Waals surface area (Å²) in [5.74, 6) is -2.78. The normalized spacial score (nSPS) is 13.0. The number of hydrogen-bond acceptors (Lipinski definition) is 16. The van der Waals surface area contributed by atoms with Crippen molar-refractivity contribution in [2.75, 3.05) is 0 Å². The van der Waals surface area contributed by atoms with Gasteiger partial charge in [-0.25, -0.2) is 0 Å². The van der Waals surface area contributed by atoms with Crippen LogP contribution in [0, 0.1) is 0 Å². The number of azo groups is 2. The van der Waals surface area contributed by atoms with Gasteiger partial charge in [0, 0.05) is 10.8 Å². The average Bonchev–Trinajstić information content (AvgIpc) is 3.09. The van der Waals surface area contributed by atoms with Crippen molar-refractivity contribution in [2.24, 2.45) is 20.5 Å². The molecule has 0 aliphatic rings. The molecular weight excluding hydrogens is 825 g/mol. The second kappa shape index (κ2) is 13.9. The maximum absolute atomic E-state index is 12.2. The zero-order valence-corrected chi connectivity index (χ0v) is 30.6. The van der Waals surface area contributed by atoms with E-state index in [1.54, 1.807) is 0 Å². The highest BCUT2D eigenvalue weighted by Gasteiger charge is 2.25. The van der Waals surface area contributed by atoms with Gasteiger partial charge in [0.25, 0.3) is 40.5 Å². The van der Waals surface area contributed by atoms with Crippen LogP contribution in [0.2, 0.25) is 0 Å². The van der Waals surface area contributed by atoms with Gasteiger partial charge in [0.05, 0.1) is 9.79 Å². The minimum atomic E-state index is -5.11. The van der Waals surface area contributed by atoms with Crippen molar-refractivity contribution in [3.05, 3.63) is 84.9 Å². The predicted octanol–water partition coefficient (Wildman–Crippen LogP) is 6.30. The molecule has 0 bridgehead atoms. The molecule has 56 heavy (non-hydrogen) atoms. The summed E-state index contributed by atoms with van der Waals surface area (Å²) in [5, 5.41) is 57.2. The first-order valence-corrected chi connectivity index (χ1v) is 20.7. The minimum Gasteiger partial charge on any atom is -0.506 e. The Morgan fingerprint density at radius 3 is 1.05 bits per heavy atom. The van der Waals surface area contributed by atoms with Gasteiger partial charge < -0.3 is 20.4 Å². The highest BCUT2D eigenvalue weighted by molar-refractivity contribution is 7.86. The topological polar surface area (TPSA) is 348 Å². The van der Waals surface area contributed by atoms with E-state index in [9.17, 15) is 72.3 Å². The van der Waals surface area contributed by atoms with E-state index in [1.807, 2.05) is 0 Å². The third-order valence-electron chi connectivity index (χ3n) is 8.00. The molecule has 20 nitrogen and oxygen atoms in total. The van der Waals surface area contributed by atoms with Crippen molar-refractivity contribution in [1.82, 2.24) is 0 Å². The second-order valence-corrected chi connectivity index (χ2v) is 17.2. The largest absolute Gasteiger partial charge is 0.506 e. The minimum absolute atomic E-state index is 0.133. The summed E-state index contributed by atoms with van der Waals surface area (Å²) in [5.41, 5.74) is -1.58. The third-order valence-corrected chi connectivity index (χ3v) is 11.4. The monoisotopic (exact) mass is 846 g/mol. The number of rotatable bonds is 9. The summed E-state index contributed by atoms with van der Waals surface area (Å²) in [4.78, 5) is -3.23. The molecule has 290 valence electrons. The Hall–Kier alpha value is -6.12. The molecule has 6 aromatic carbocycles. The molecule has 0 radical (unpaired) electrons. The van der Waals surface area contributed by atoms with Gasteiger partial charge in [-0.2, -0.15) is 33.7 Å². The van der Waals surface area contributed by atoms with Crippen LogP contribution >= 0.6 is 0 Å². The highest BCUT2D eigenvalue weighted by Crippen LogP contribution is 2.45. The molecule has 0 aliphatic heterocycles. The van der Waals surface area contributed by atoms with E-state index in [4.69, 9.17) is 0 Å². The first-order chi connectivity index (χ1) is 25.9. The van der Waals surface area contributed by atoms with Crippen molar-refractivity contribution < 1.29 is 72.3 Å². The number of nitrogens with zero attached hydrogens (tertiary/aromatic N) is 4. The SMILES string of the molecule is O=S(=O)(O)c1ccc2c(O)c(N=Nc3ccc(-c4ccc(N=Nc5c(S(=O)(=O)O)cc6cc(S(=O)(=O)O)ccc6c5O)c(O)c4)cc3O)c(S(=O)(=O)O)cc2c1. The first-order valence-electron chi connectivity index (χ1n) is 14.9. The fraction of sp³-hybridized carbons (Fsp3) is 0. The van der Waals surface area contributed by atoms with E-state index in [1.165, 1.54) is 24.3 Å². The molecule has 0 saturated heterocycles. The van der Waals surface area contributed by atoms with Crippen LogP contribution in [0.3, 0.4) is 0 Å². The summed E-state index contributed by atoms with van der Waals surface area (Å²) >= 11 is 0. The van der Waals surface area contributed by atoms with Crippen molar-refractivity contribution in [1.29, 1.82) is 0 Å². The molecule has 0 saturated carbocycles. The van der Waals surface area contributed by atoms with Gasteiger partial charge in [0.2, 0.25) is 0 Å². The van der Waals surface area contributed by atoms with E-state index in [0.29, 0.717) is 0 Å². The van der Waals surface area contributed by atoms with Gasteiger partial charge in [-0.05, 0) is 94.7 Å². The Kier molecular flexibility index (Phi) is 9.80. The molecule has 0 spiro atoms. The van der Waals surface area contributed by atoms with E-state index in [0.717, 1.165) is 60.7 Å². The predicted molar refractivity (Wildman–Crippen MR) is 194 cm³/mol. The first kappa shape index (κ1) is 39.6. The Morgan fingerprint density at radius 1 is 0.393 bits per heavy atom. The molecule has 6 rings (SSSR count). The Balaban J connectivity index is 1.31. The zero-order valence-electron chi connectivity index (χ0n) is 27.3. The molecule has 8 N–H and O–H groups in total. The Labute approximate surface area is 315 Å². The summed E-state index contributed by atoms with van der Waals surface area (Å²) in [6.45, 7) is 0. The number of aromatic hydroxyl groups is 4. The quantitative estimate of drug-likeness (QED) is 0.0584.